The normalized spacial score (nSPS) is 26.9. The van der Waals surface area contributed by atoms with Crippen molar-refractivity contribution < 1.29 is 22.4 Å². The Morgan fingerprint density at radius 1 is 1.25 bits per heavy atom. The van der Waals surface area contributed by atoms with Crippen LogP contribution in [0.25, 0.3) is 0 Å². The first kappa shape index (κ1) is 18.9. The molecule has 2 rings (SSSR count). The van der Waals surface area contributed by atoms with Crippen molar-refractivity contribution in [3.05, 3.63) is 54.1 Å². The van der Waals surface area contributed by atoms with Crippen molar-refractivity contribution >= 4 is 10.1 Å². The van der Waals surface area contributed by atoms with Crippen LogP contribution >= 0.6 is 0 Å². The first-order chi connectivity index (χ1) is 11.4. The number of allylic oxidation sites excluding steroid dienone is 1. The van der Waals surface area contributed by atoms with Crippen LogP contribution in [0.1, 0.15) is 25.3 Å². The summed E-state index contributed by atoms with van der Waals surface area (Å²) in [5, 5.41) is 10.2. The topological polar surface area (TPSA) is 72.8 Å². The van der Waals surface area contributed by atoms with Gasteiger partial charge in [-0.25, -0.2) is 0 Å². The molecule has 6 heteroatoms. The van der Waals surface area contributed by atoms with Crippen molar-refractivity contribution in [3.63, 3.8) is 0 Å². The largest absolute Gasteiger partial charge is 0.390 e. The van der Waals surface area contributed by atoms with Gasteiger partial charge in [0.25, 0.3) is 10.1 Å². The average molecular weight is 352 g/mol. The monoisotopic (exact) mass is 352 g/mol. The smallest absolute Gasteiger partial charge is 0.297 e. The van der Waals surface area contributed by atoms with Crippen LogP contribution in [0.5, 0.6) is 0 Å². The summed E-state index contributed by atoms with van der Waals surface area (Å²) in [6, 6.07) is 6.44. The summed E-state index contributed by atoms with van der Waals surface area (Å²) in [7, 11) is -3.88. The molecule has 1 aromatic carbocycles. The quantitative estimate of drug-likeness (QED) is 0.652. The molecular weight excluding hydrogens is 328 g/mol. The second kappa shape index (κ2) is 8.58. The van der Waals surface area contributed by atoms with E-state index in [1.807, 2.05) is 38.2 Å². The Kier molecular flexibility index (Phi) is 6.74. The molecule has 0 unspecified atom stereocenters. The molecule has 132 valence electrons. The standard InChI is InChI=1S/C18H24O5S/c1-3-6-15-7-4-5-8-17(19)18(23-15)13-22-24(20,21)16-11-9-14(2)10-12-16/h3-6,9-12,15,17-19H,7-8,13H2,1-2H3/b5-4-,6-3+/t15-,17-,18+/m0/s1. The second-order valence-corrected chi connectivity index (χ2v) is 7.42. The maximum Gasteiger partial charge on any atom is 0.297 e. The maximum absolute atomic E-state index is 12.3. The summed E-state index contributed by atoms with van der Waals surface area (Å²) in [6.07, 6.45) is 6.92. The van der Waals surface area contributed by atoms with Crippen LogP contribution in [0.15, 0.2) is 53.5 Å². The molecule has 1 N–H and O–H groups in total. The van der Waals surface area contributed by atoms with E-state index >= 15 is 0 Å². The van der Waals surface area contributed by atoms with Gasteiger partial charge in [-0.1, -0.05) is 42.0 Å². The van der Waals surface area contributed by atoms with Crippen LogP contribution in [0.3, 0.4) is 0 Å². The molecular formula is C18H24O5S. The first-order valence-corrected chi connectivity index (χ1v) is 9.40. The molecule has 0 saturated heterocycles. The van der Waals surface area contributed by atoms with Gasteiger partial charge in [-0.05, 0) is 38.8 Å². The highest BCUT2D eigenvalue weighted by Gasteiger charge is 2.26. The van der Waals surface area contributed by atoms with Gasteiger partial charge in [0.2, 0.25) is 0 Å². The predicted octanol–water partition coefficient (Wildman–Crippen LogP) is 2.74. The summed E-state index contributed by atoms with van der Waals surface area (Å²) in [5.74, 6) is 0. The summed E-state index contributed by atoms with van der Waals surface area (Å²) < 4.78 is 35.5. The number of aliphatic hydroxyl groups is 1. The molecule has 24 heavy (non-hydrogen) atoms. The highest BCUT2D eigenvalue weighted by atomic mass is 32.2. The lowest BCUT2D eigenvalue weighted by Crippen LogP contribution is -2.37. The zero-order valence-corrected chi connectivity index (χ0v) is 14.8. The van der Waals surface area contributed by atoms with Crippen molar-refractivity contribution in [2.75, 3.05) is 6.61 Å². The lowest BCUT2D eigenvalue weighted by Gasteiger charge is -2.27. The molecule has 1 heterocycles. The average Bonchev–Trinajstić information content (AvgIpc) is 2.53. The van der Waals surface area contributed by atoms with E-state index in [0.29, 0.717) is 12.8 Å². The third kappa shape index (κ3) is 5.27. The van der Waals surface area contributed by atoms with Crippen molar-refractivity contribution in [1.29, 1.82) is 0 Å². The van der Waals surface area contributed by atoms with E-state index < -0.39 is 22.3 Å². The fourth-order valence-electron chi connectivity index (χ4n) is 2.41. The van der Waals surface area contributed by atoms with Crippen molar-refractivity contribution in [3.8, 4) is 0 Å². The number of rotatable bonds is 5. The van der Waals surface area contributed by atoms with Crippen LogP contribution in [0.2, 0.25) is 0 Å². The van der Waals surface area contributed by atoms with Gasteiger partial charge in [0, 0.05) is 0 Å². The first-order valence-electron chi connectivity index (χ1n) is 8.00. The van der Waals surface area contributed by atoms with E-state index in [1.54, 1.807) is 12.1 Å². The third-order valence-corrected chi connectivity index (χ3v) is 5.09. The molecule has 1 aliphatic heterocycles. The lowest BCUT2D eigenvalue weighted by atomic mass is 10.1. The number of benzene rings is 1. The minimum Gasteiger partial charge on any atom is -0.390 e. The number of hydrogen-bond acceptors (Lipinski definition) is 5. The zero-order valence-electron chi connectivity index (χ0n) is 14.0. The van der Waals surface area contributed by atoms with Gasteiger partial charge in [-0.3, -0.25) is 4.18 Å². The molecule has 0 spiro atoms. The van der Waals surface area contributed by atoms with E-state index in [2.05, 4.69) is 0 Å². The molecule has 5 nitrogen and oxygen atoms in total. The van der Waals surface area contributed by atoms with Gasteiger partial charge in [0.05, 0.1) is 23.7 Å². The molecule has 0 radical (unpaired) electrons. The van der Waals surface area contributed by atoms with Crippen LogP contribution in [-0.2, 0) is 19.0 Å². The molecule has 0 aromatic heterocycles. The van der Waals surface area contributed by atoms with Gasteiger partial charge in [0.1, 0.15) is 6.10 Å². The zero-order chi connectivity index (χ0) is 17.6. The summed E-state index contributed by atoms with van der Waals surface area (Å²) in [4.78, 5) is 0.0957. The fraction of sp³-hybridized carbons (Fsp3) is 0.444. The Bertz CT molecular complexity index is 676. The molecule has 0 aliphatic carbocycles. The van der Waals surface area contributed by atoms with Crippen LogP contribution in [0, 0.1) is 6.92 Å². The van der Waals surface area contributed by atoms with Crippen LogP contribution < -0.4 is 0 Å². The van der Waals surface area contributed by atoms with E-state index in [-0.39, 0.29) is 17.6 Å². The number of ether oxygens (including phenoxy) is 1. The molecule has 0 saturated carbocycles. The Hall–Kier alpha value is -1.47. The number of hydrogen-bond donors (Lipinski definition) is 1. The Morgan fingerprint density at radius 3 is 2.58 bits per heavy atom. The fourth-order valence-corrected chi connectivity index (χ4v) is 3.33. The summed E-state index contributed by atoms with van der Waals surface area (Å²) >= 11 is 0. The van der Waals surface area contributed by atoms with Gasteiger partial charge < -0.3 is 9.84 Å². The number of aryl methyl sites for hydroxylation is 1. The van der Waals surface area contributed by atoms with Crippen molar-refractivity contribution in [1.82, 2.24) is 0 Å². The van der Waals surface area contributed by atoms with Gasteiger partial charge in [-0.2, -0.15) is 8.42 Å². The Balaban J connectivity index is 2.07. The highest BCUT2D eigenvalue weighted by Crippen LogP contribution is 2.19. The second-order valence-electron chi connectivity index (χ2n) is 5.80. The van der Waals surface area contributed by atoms with E-state index in [9.17, 15) is 13.5 Å². The van der Waals surface area contributed by atoms with E-state index in [4.69, 9.17) is 8.92 Å². The minimum absolute atomic E-state index is 0.0957. The lowest BCUT2D eigenvalue weighted by molar-refractivity contribution is -0.0785. The van der Waals surface area contributed by atoms with Gasteiger partial charge >= 0.3 is 0 Å². The van der Waals surface area contributed by atoms with Gasteiger partial charge in [-0.15, -0.1) is 0 Å². The van der Waals surface area contributed by atoms with E-state index in [1.165, 1.54) is 12.1 Å². The Labute approximate surface area is 143 Å². The highest BCUT2D eigenvalue weighted by molar-refractivity contribution is 7.86. The van der Waals surface area contributed by atoms with Crippen LogP contribution in [-0.4, -0.2) is 38.4 Å². The SMILES string of the molecule is C/C=C/[C@H]1C/C=C\C[C@H](O)[C@@H](COS(=O)(=O)c2ccc(C)cc2)O1. The van der Waals surface area contributed by atoms with E-state index in [0.717, 1.165) is 5.56 Å². The minimum atomic E-state index is -3.88. The molecule has 0 amide bonds. The molecule has 1 aliphatic rings. The molecule has 0 bridgehead atoms. The predicted molar refractivity (Wildman–Crippen MR) is 92.2 cm³/mol. The third-order valence-electron chi connectivity index (χ3n) is 3.80. The number of aliphatic hydroxyl groups excluding tert-OH is 1. The summed E-state index contributed by atoms with van der Waals surface area (Å²) in [6.45, 7) is 3.54. The van der Waals surface area contributed by atoms with Crippen LogP contribution in [0.4, 0.5) is 0 Å². The van der Waals surface area contributed by atoms with Crippen molar-refractivity contribution in [2.45, 2.75) is 49.9 Å². The molecule has 0 fully saturated rings. The van der Waals surface area contributed by atoms with Crippen molar-refractivity contribution in [2.24, 2.45) is 0 Å². The Morgan fingerprint density at radius 2 is 1.92 bits per heavy atom. The van der Waals surface area contributed by atoms with Gasteiger partial charge in [0.15, 0.2) is 0 Å². The molecule has 1 aromatic rings. The molecule has 3 atom stereocenters. The maximum atomic E-state index is 12.3. The summed E-state index contributed by atoms with van der Waals surface area (Å²) in [5.41, 5.74) is 0.966.